The maximum Gasteiger partial charge on any atom is 0.224 e. The Labute approximate surface area is 86.0 Å². The highest BCUT2D eigenvalue weighted by atomic mass is 16.1. The van der Waals surface area contributed by atoms with E-state index in [2.05, 4.69) is 17.6 Å². The quantitative estimate of drug-likeness (QED) is 0.659. The number of rotatable bonds is 3. The molecular formula is C11H20N2O. The van der Waals surface area contributed by atoms with Gasteiger partial charge in [0.2, 0.25) is 5.91 Å². The Kier molecular flexibility index (Phi) is 4.14. The van der Waals surface area contributed by atoms with Gasteiger partial charge in [-0.3, -0.25) is 4.79 Å². The van der Waals surface area contributed by atoms with E-state index in [0.717, 1.165) is 13.1 Å². The third-order valence-corrected chi connectivity index (χ3v) is 2.64. The number of amides is 1. The molecule has 0 spiro atoms. The largest absolute Gasteiger partial charge is 0.352 e. The summed E-state index contributed by atoms with van der Waals surface area (Å²) in [5, 5.41) is 6.16. The van der Waals surface area contributed by atoms with Crippen molar-refractivity contribution < 1.29 is 4.79 Å². The number of carbonyl (C=O) groups is 1. The molecule has 3 nitrogen and oxygen atoms in total. The molecule has 1 aliphatic heterocycles. The van der Waals surface area contributed by atoms with Gasteiger partial charge in [0, 0.05) is 13.1 Å². The van der Waals surface area contributed by atoms with Gasteiger partial charge in [-0.1, -0.05) is 18.6 Å². The number of allylic oxidation sites excluding steroid dienone is 1. The second-order valence-corrected chi connectivity index (χ2v) is 4.27. The summed E-state index contributed by atoms with van der Waals surface area (Å²) in [4.78, 5) is 11.7. The molecule has 0 aliphatic carbocycles. The van der Waals surface area contributed by atoms with Crippen LogP contribution in [0.2, 0.25) is 0 Å². The van der Waals surface area contributed by atoms with E-state index in [1.54, 1.807) is 0 Å². The van der Waals surface area contributed by atoms with Crippen molar-refractivity contribution in [2.75, 3.05) is 19.6 Å². The standard InChI is InChI=1S/C11H20N2O/c1-8(2)4-5-13-11(14)10-7-12-6-9(10)3/h4,9-10,12H,5-7H2,1-3H3,(H,13,14). The maximum absolute atomic E-state index is 11.7. The van der Waals surface area contributed by atoms with Gasteiger partial charge in [-0.05, 0) is 26.3 Å². The molecule has 1 heterocycles. The van der Waals surface area contributed by atoms with Crippen LogP contribution in [-0.2, 0) is 4.79 Å². The SMILES string of the molecule is CC(C)=CCNC(=O)C1CNCC1C. The number of carbonyl (C=O) groups excluding carboxylic acids is 1. The fourth-order valence-corrected chi connectivity index (χ4v) is 1.65. The summed E-state index contributed by atoms with van der Waals surface area (Å²) in [6.45, 7) is 8.62. The number of hydrogen-bond donors (Lipinski definition) is 2. The van der Waals surface area contributed by atoms with Gasteiger partial charge < -0.3 is 10.6 Å². The van der Waals surface area contributed by atoms with Crippen LogP contribution in [0.25, 0.3) is 0 Å². The molecule has 0 aromatic rings. The summed E-state index contributed by atoms with van der Waals surface area (Å²) >= 11 is 0. The first-order valence-corrected chi connectivity index (χ1v) is 5.23. The van der Waals surface area contributed by atoms with Crippen LogP contribution in [0.15, 0.2) is 11.6 Å². The van der Waals surface area contributed by atoms with Crippen molar-refractivity contribution in [3.8, 4) is 0 Å². The molecule has 0 radical (unpaired) electrons. The molecule has 2 unspecified atom stereocenters. The summed E-state index contributed by atoms with van der Waals surface area (Å²) in [6.07, 6.45) is 2.03. The van der Waals surface area contributed by atoms with Gasteiger partial charge in [-0.2, -0.15) is 0 Å². The van der Waals surface area contributed by atoms with E-state index in [1.807, 2.05) is 19.9 Å². The van der Waals surface area contributed by atoms with E-state index in [-0.39, 0.29) is 11.8 Å². The molecular weight excluding hydrogens is 176 g/mol. The van der Waals surface area contributed by atoms with Gasteiger partial charge in [0.15, 0.2) is 0 Å². The zero-order valence-corrected chi connectivity index (χ0v) is 9.26. The van der Waals surface area contributed by atoms with E-state index in [9.17, 15) is 4.79 Å². The second kappa shape index (κ2) is 5.15. The van der Waals surface area contributed by atoms with Crippen molar-refractivity contribution in [2.45, 2.75) is 20.8 Å². The minimum absolute atomic E-state index is 0.153. The smallest absolute Gasteiger partial charge is 0.224 e. The van der Waals surface area contributed by atoms with E-state index in [1.165, 1.54) is 5.57 Å². The van der Waals surface area contributed by atoms with Gasteiger partial charge in [0.1, 0.15) is 0 Å². The van der Waals surface area contributed by atoms with Crippen molar-refractivity contribution >= 4 is 5.91 Å². The minimum Gasteiger partial charge on any atom is -0.352 e. The molecule has 0 bridgehead atoms. The second-order valence-electron chi connectivity index (χ2n) is 4.27. The lowest BCUT2D eigenvalue weighted by molar-refractivity contribution is -0.125. The first kappa shape index (κ1) is 11.2. The summed E-state index contributed by atoms with van der Waals surface area (Å²) < 4.78 is 0. The van der Waals surface area contributed by atoms with Crippen LogP contribution < -0.4 is 10.6 Å². The Morgan fingerprint density at radius 1 is 1.50 bits per heavy atom. The first-order valence-electron chi connectivity index (χ1n) is 5.23. The van der Waals surface area contributed by atoms with Crippen molar-refractivity contribution in [3.63, 3.8) is 0 Å². The summed E-state index contributed by atoms with van der Waals surface area (Å²) in [7, 11) is 0. The van der Waals surface area contributed by atoms with Crippen LogP contribution in [0.4, 0.5) is 0 Å². The van der Waals surface area contributed by atoms with Crippen molar-refractivity contribution in [3.05, 3.63) is 11.6 Å². The summed E-state index contributed by atoms with van der Waals surface area (Å²) in [5.41, 5.74) is 1.24. The van der Waals surface area contributed by atoms with Gasteiger partial charge >= 0.3 is 0 Å². The monoisotopic (exact) mass is 196 g/mol. The van der Waals surface area contributed by atoms with Crippen molar-refractivity contribution in [2.24, 2.45) is 11.8 Å². The molecule has 1 fully saturated rings. The number of nitrogens with one attached hydrogen (secondary N) is 2. The Hall–Kier alpha value is -0.830. The molecule has 1 rings (SSSR count). The van der Waals surface area contributed by atoms with Gasteiger partial charge in [-0.25, -0.2) is 0 Å². The lowest BCUT2D eigenvalue weighted by Gasteiger charge is -2.13. The Bertz CT molecular complexity index is 231. The Balaban J connectivity index is 2.31. The molecule has 0 aromatic carbocycles. The molecule has 2 N–H and O–H groups in total. The van der Waals surface area contributed by atoms with Crippen LogP contribution in [0.1, 0.15) is 20.8 Å². The van der Waals surface area contributed by atoms with Crippen molar-refractivity contribution in [1.82, 2.24) is 10.6 Å². The zero-order valence-electron chi connectivity index (χ0n) is 9.26. The lowest BCUT2D eigenvalue weighted by Crippen LogP contribution is -2.34. The minimum atomic E-state index is 0.153. The predicted molar refractivity (Wildman–Crippen MR) is 58.0 cm³/mol. The zero-order chi connectivity index (χ0) is 10.6. The molecule has 1 aliphatic rings. The highest BCUT2D eigenvalue weighted by Gasteiger charge is 2.28. The third kappa shape index (κ3) is 3.14. The predicted octanol–water partition coefficient (Wildman–Crippen LogP) is 0.924. The molecule has 3 heteroatoms. The molecule has 0 aromatic heterocycles. The molecule has 1 amide bonds. The molecule has 2 atom stereocenters. The van der Waals surface area contributed by atoms with Crippen LogP contribution in [0.3, 0.4) is 0 Å². The summed E-state index contributed by atoms with van der Waals surface area (Å²) in [6, 6.07) is 0. The normalized spacial score (nSPS) is 25.9. The van der Waals surface area contributed by atoms with E-state index >= 15 is 0 Å². The van der Waals surface area contributed by atoms with Gasteiger partial charge in [-0.15, -0.1) is 0 Å². The highest BCUT2D eigenvalue weighted by Crippen LogP contribution is 2.15. The number of hydrogen-bond acceptors (Lipinski definition) is 2. The van der Waals surface area contributed by atoms with Crippen LogP contribution >= 0.6 is 0 Å². The fourth-order valence-electron chi connectivity index (χ4n) is 1.65. The van der Waals surface area contributed by atoms with E-state index in [4.69, 9.17) is 0 Å². The van der Waals surface area contributed by atoms with E-state index in [0.29, 0.717) is 12.5 Å². The molecule has 80 valence electrons. The third-order valence-electron chi connectivity index (χ3n) is 2.64. The van der Waals surface area contributed by atoms with Crippen LogP contribution in [0.5, 0.6) is 0 Å². The van der Waals surface area contributed by atoms with Crippen LogP contribution in [-0.4, -0.2) is 25.5 Å². The Morgan fingerprint density at radius 3 is 2.71 bits per heavy atom. The van der Waals surface area contributed by atoms with Crippen molar-refractivity contribution in [1.29, 1.82) is 0 Å². The average Bonchev–Trinajstić information content (AvgIpc) is 2.50. The van der Waals surface area contributed by atoms with Gasteiger partial charge in [0.25, 0.3) is 0 Å². The first-order chi connectivity index (χ1) is 6.61. The van der Waals surface area contributed by atoms with E-state index < -0.39 is 0 Å². The maximum atomic E-state index is 11.7. The molecule has 0 saturated carbocycles. The molecule has 1 saturated heterocycles. The lowest BCUT2D eigenvalue weighted by atomic mass is 9.97. The fraction of sp³-hybridized carbons (Fsp3) is 0.727. The summed E-state index contributed by atoms with van der Waals surface area (Å²) in [5.74, 6) is 0.794. The topological polar surface area (TPSA) is 41.1 Å². The highest BCUT2D eigenvalue weighted by molar-refractivity contribution is 5.79. The molecule has 14 heavy (non-hydrogen) atoms. The van der Waals surface area contributed by atoms with Gasteiger partial charge in [0.05, 0.1) is 5.92 Å². The van der Waals surface area contributed by atoms with Crippen LogP contribution in [0, 0.1) is 11.8 Å². The average molecular weight is 196 g/mol. The Morgan fingerprint density at radius 2 is 2.21 bits per heavy atom.